The molecule has 6 heteroatoms. The molecule has 0 radical (unpaired) electrons. The van der Waals surface area contributed by atoms with E-state index in [1.165, 1.54) is 0 Å². The highest BCUT2D eigenvalue weighted by Crippen LogP contribution is 2.18. The van der Waals surface area contributed by atoms with E-state index in [9.17, 15) is 4.79 Å². The molecule has 0 unspecified atom stereocenters. The molecule has 0 atom stereocenters. The van der Waals surface area contributed by atoms with Crippen molar-refractivity contribution in [2.24, 2.45) is 0 Å². The van der Waals surface area contributed by atoms with Crippen molar-refractivity contribution in [3.8, 4) is 5.75 Å². The molecule has 2 aromatic rings. The third-order valence-electron chi connectivity index (χ3n) is 2.77. The molecule has 0 aliphatic heterocycles. The Morgan fingerprint density at radius 1 is 1.40 bits per heavy atom. The van der Waals surface area contributed by atoms with E-state index >= 15 is 0 Å². The lowest BCUT2D eigenvalue weighted by atomic mass is 10.3. The Kier molecular flexibility index (Phi) is 4.02. The summed E-state index contributed by atoms with van der Waals surface area (Å²) in [7, 11) is 0. The van der Waals surface area contributed by atoms with Gasteiger partial charge in [0.1, 0.15) is 6.61 Å². The maximum absolute atomic E-state index is 11.1. The molecule has 0 aliphatic carbocycles. The number of nitrogens with zero attached hydrogens (tertiary/aromatic N) is 3. The first-order valence-corrected chi connectivity index (χ1v) is 6.35. The Morgan fingerprint density at radius 3 is 2.75 bits per heavy atom. The van der Waals surface area contributed by atoms with Crippen LogP contribution in [0.4, 0.5) is 0 Å². The fraction of sp³-hybridized carbons (Fsp3) is 0.357. The average Bonchev–Trinajstić information content (AvgIpc) is 2.86. The summed E-state index contributed by atoms with van der Waals surface area (Å²) >= 11 is 0. The van der Waals surface area contributed by atoms with Crippen molar-refractivity contribution in [1.29, 1.82) is 0 Å². The molecule has 0 bridgehead atoms. The molecule has 0 saturated heterocycles. The van der Waals surface area contributed by atoms with E-state index in [1.54, 1.807) is 19.1 Å². The minimum Gasteiger partial charge on any atom is -0.485 e. The summed E-state index contributed by atoms with van der Waals surface area (Å²) in [6.45, 7) is 6.01. The van der Waals surface area contributed by atoms with Gasteiger partial charge in [-0.3, -0.25) is 4.68 Å². The Morgan fingerprint density at radius 2 is 2.15 bits per heavy atom. The van der Waals surface area contributed by atoms with Gasteiger partial charge < -0.3 is 9.84 Å². The van der Waals surface area contributed by atoms with Gasteiger partial charge >= 0.3 is 5.97 Å². The van der Waals surface area contributed by atoms with Crippen molar-refractivity contribution in [2.75, 3.05) is 0 Å². The topological polar surface area (TPSA) is 77.2 Å². The number of carbonyl (C=O) groups is 1. The second-order valence-corrected chi connectivity index (χ2v) is 4.77. The van der Waals surface area contributed by atoms with E-state index in [2.05, 4.69) is 10.1 Å². The van der Waals surface area contributed by atoms with E-state index in [1.807, 2.05) is 30.8 Å². The Hall–Kier alpha value is -2.37. The van der Waals surface area contributed by atoms with Crippen LogP contribution in [0.3, 0.4) is 0 Å². The van der Waals surface area contributed by atoms with Crippen molar-refractivity contribution in [3.63, 3.8) is 0 Å². The number of hydrogen-bond acceptors (Lipinski definition) is 4. The van der Waals surface area contributed by atoms with E-state index in [0.29, 0.717) is 5.69 Å². The van der Waals surface area contributed by atoms with Crippen LogP contribution >= 0.6 is 0 Å². The molecule has 2 aromatic heterocycles. The van der Waals surface area contributed by atoms with Gasteiger partial charge in [0.2, 0.25) is 0 Å². The molecule has 0 fully saturated rings. The summed E-state index contributed by atoms with van der Waals surface area (Å²) in [4.78, 5) is 15.1. The van der Waals surface area contributed by atoms with Crippen LogP contribution in [0.25, 0.3) is 0 Å². The number of pyridine rings is 1. The minimum atomic E-state index is -1.10. The lowest BCUT2D eigenvalue weighted by molar-refractivity contribution is 0.0684. The van der Waals surface area contributed by atoms with Gasteiger partial charge in [0.05, 0.1) is 5.69 Å². The van der Waals surface area contributed by atoms with Crippen LogP contribution in [0, 0.1) is 6.92 Å². The first-order valence-electron chi connectivity index (χ1n) is 6.35. The van der Waals surface area contributed by atoms with Crippen LogP contribution in [-0.4, -0.2) is 25.8 Å². The van der Waals surface area contributed by atoms with Gasteiger partial charge in [0.15, 0.2) is 11.4 Å². The zero-order valence-corrected chi connectivity index (χ0v) is 11.7. The van der Waals surface area contributed by atoms with Gasteiger partial charge in [-0.1, -0.05) is 0 Å². The van der Waals surface area contributed by atoms with Gasteiger partial charge in [-0.25, -0.2) is 9.78 Å². The molecule has 1 N–H and O–H groups in total. The van der Waals surface area contributed by atoms with Crippen molar-refractivity contribution in [2.45, 2.75) is 33.4 Å². The normalized spacial score (nSPS) is 10.8. The second-order valence-electron chi connectivity index (χ2n) is 4.77. The number of aryl methyl sites for hydroxylation is 1. The number of carboxylic acid groups (broad SMARTS) is 1. The van der Waals surface area contributed by atoms with Crippen molar-refractivity contribution in [1.82, 2.24) is 14.8 Å². The number of aromatic nitrogens is 3. The molecular formula is C14H17N3O3. The zero-order chi connectivity index (χ0) is 14.7. The highest BCUT2D eigenvalue weighted by molar-refractivity contribution is 5.88. The van der Waals surface area contributed by atoms with Crippen LogP contribution < -0.4 is 4.74 Å². The Bertz CT molecular complexity index is 620. The van der Waals surface area contributed by atoms with Gasteiger partial charge in [-0.15, -0.1) is 0 Å². The summed E-state index contributed by atoms with van der Waals surface area (Å²) in [6.07, 6.45) is 1.87. The van der Waals surface area contributed by atoms with Gasteiger partial charge in [0, 0.05) is 17.9 Å². The predicted molar refractivity (Wildman–Crippen MR) is 72.9 cm³/mol. The molecular weight excluding hydrogens is 258 g/mol. The van der Waals surface area contributed by atoms with Crippen molar-refractivity contribution < 1.29 is 14.6 Å². The van der Waals surface area contributed by atoms with E-state index < -0.39 is 5.97 Å². The van der Waals surface area contributed by atoms with Gasteiger partial charge in [-0.2, -0.15) is 5.10 Å². The lowest BCUT2D eigenvalue weighted by Crippen LogP contribution is -2.08. The first-order chi connectivity index (χ1) is 9.47. The van der Waals surface area contributed by atoms with Crippen LogP contribution in [0.15, 0.2) is 24.4 Å². The van der Waals surface area contributed by atoms with Crippen molar-refractivity contribution >= 4 is 5.97 Å². The van der Waals surface area contributed by atoms with Gasteiger partial charge in [0.25, 0.3) is 0 Å². The highest BCUT2D eigenvalue weighted by atomic mass is 16.5. The maximum Gasteiger partial charge on any atom is 0.358 e. The highest BCUT2D eigenvalue weighted by Gasteiger charge is 2.14. The summed E-state index contributed by atoms with van der Waals surface area (Å²) in [5.41, 5.74) is 1.31. The van der Waals surface area contributed by atoms with E-state index in [-0.39, 0.29) is 24.1 Å². The second kappa shape index (κ2) is 5.73. The first kappa shape index (κ1) is 14.0. The number of aromatic carboxylic acids is 1. The fourth-order valence-corrected chi connectivity index (χ4v) is 1.71. The minimum absolute atomic E-state index is 0.0757. The summed E-state index contributed by atoms with van der Waals surface area (Å²) < 4.78 is 7.34. The average molecular weight is 275 g/mol. The Balaban J connectivity index is 2.12. The molecule has 0 saturated carbocycles. The Labute approximate surface area is 117 Å². The quantitative estimate of drug-likeness (QED) is 0.906. The number of ether oxygens (including phenoxy) is 1. The number of hydrogen-bond donors (Lipinski definition) is 1. The van der Waals surface area contributed by atoms with Crippen LogP contribution in [0.5, 0.6) is 5.75 Å². The molecule has 0 amide bonds. The van der Waals surface area contributed by atoms with E-state index in [4.69, 9.17) is 9.84 Å². The SMILES string of the molecule is Cc1ccc(OCc2ccn(C(C)C)n2)c(C(=O)O)n1. The fourth-order valence-electron chi connectivity index (χ4n) is 1.71. The van der Waals surface area contributed by atoms with Crippen LogP contribution in [-0.2, 0) is 6.61 Å². The molecule has 0 aliphatic rings. The molecule has 2 heterocycles. The smallest absolute Gasteiger partial charge is 0.358 e. The third kappa shape index (κ3) is 3.14. The lowest BCUT2D eigenvalue weighted by Gasteiger charge is -2.08. The summed E-state index contributed by atoms with van der Waals surface area (Å²) in [5, 5.41) is 13.4. The van der Waals surface area contributed by atoms with Crippen molar-refractivity contribution in [3.05, 3.63) is 41.5 Å². The molecule has 0 aromatic carbocycles. The standard InChI is InChI=1S/C14H17N3O3/c1-9(2)17-7-6-11(16-17)8-20-12-5-4-10(3)15-13(12)14(18)19/h4-7,9H,8H2,1-3H3,(H,18,19). The predicted octanol–water partition coefficient (Wildman–Crippen LogP) is 2.44. The van der Waals surface area contributed by atoms with Crippen LogP contribution in [0.2, 0.25) is 0 Å². The number of carboxylic acids is 1. The van der Waals surface area contributed by atoms with E-state index in [0.717, 1.165) is 5.69 Å². The zero-order valence-electron chi connectivity index (χ0n) is 11.7. The van der Waals surface area contributed by atoms with Crippen LogP contribution in [0.1, 0.15) is 41.8 Å². The maximum atomic E-state index is 11.1. The molecule has 20 heavy (non-hydrogen) atoms. The number of rotatable bonds is 5. The molecule has 6 nitrogen and oxygen atoms in total. The third-order valence-corrected chi connectivity index (χ3v) is 2.77. The largest absolute Gasteiger partial charge is 0.485 e. The monoisotopic (exact) mass is 275 g/mol. The summed E-state index contributed by atoms with van der Waals surface area (Å²) in [6, 6.07) is 5.46. The molecule has 0 spiro atoms. The van der Waals surface area contributed by atoms with Gasteiger partial charge in [-0.05, 0) is 39.0 Å². The summed E-state index contributed by atoms with van der Waals surface area (Å²) in [5.74, 6) is -0.849. The molecule has 2 rings (SSSR count). The molecule has 106 valence electrons.